The molecule has 0 bridgehead atoms. The number of carbonyl (C=O) groups is 1. The van der Waals surface area contributed by atoms with Gasteiger partial charge in [0.05, 0.1) is 6.10 Å². The van der Waals surface area contributed by atoms with Gasteiger partial charge in [-0.1, -0.05) is 44.2 Å². The summed E-state index contributed by atoms with van der Waals surface area (Å²) < 4.78 is 23.1. The normalized spacial score (nSPS) is 45.3. The van der Waals surface area contributed by atoms with Gasteiger partial charge >= 0.3 is 0 Å². The molecule has 0 aliphatic heterocycles. The van der Waals surface area contributed by atoms with Crippen molar-refractivity contribution in [2.45, 2.75) is 76.2 Å². The number of rotatable bonds is 3. The first-order valence-electron chi connectivity index (χ1n) is 11.8. The summed E-state index contributed by atoms with van der Waals surface area (Å²) >= 11 is 0. The summed E-state index contributed by atoms with van der Waals surface area (Å²) in [5.74, 6) is 0.427. The van der Waals surface area contributed by atoms with Crippen LogP contribution in [0.5, 0.6) is 5.75 Å². The molecule has 0 aromatic heterocycles. The molecule has 0 amide bonds. The molecule has 4 aliphatic rings. The number of benzene rings is 1. The number of aliphatic hydroxyl groups is 2. The third-order valence-corrected chi connectivity index (χ3v) is 9.64. The van der Waals surface area contributed by atoms with Gasteiger partial charge in [-0.2, -0.15) is 0 Å². The summed E-state index contributed by atoms with van der Waals surface area (Å²) in [6.07, 6.45) is 3.60. The van der Waals surface area contributed by atoms with Crippen LogP contribution in [0.15, 0.2) is 54.3 Å². The average Bonchev–Trinajstić information content (AvgIpc) is 3.02. The van der Waals surface area contributed by atoms with Crippen molar-refractivity contribution in [1.82, 2.24) is 0 Å². The van der Waals surface area contributed by atoms with Crippen LogP contribution in [0, 0.1) is 22.7 Å². The summed E-state index contributed by atoms with van der Waals surface area (Å²) in [5, 5.41) is 23.3. The first-order valence-corrected chi connectivity index (χ1v) is 11.8. The van der Waals surface area contributed by atoms with Crippen LogP contribution in [0.2, 0.25) is 0 Å². The second-order valence-corrected chi connectivity index (χ2v) is 10.9. The van der Waals surface area contributed by atoms with Crippen LogP contribution < -0.4 is 4.74 Å². The molecule has 1 aromatic rings. The second kappa shape index (κ2) is 7.01. The molecule has 0 saturated heterocycles. The van der Waals surface area contributed by atoms with Crippen LogP contribution in [0.4, 0.5) is 4.39 Å². The Bertz CT molecular complexity index is 989. The first kappa shape index (κ1) is 21.8. The zero-order valence-corrected chi connectivity index (χ0v) is 18.9. The molecular formula is C27H33FO4. The highest BCUT2D eigenvalue weighted by atomic mass is 19.1. The van der Waals surface area contributed by atoms with Gasteiger partial charge in [-0.15, -0.1) is 0 Å². The number of fused-ring (bicyclic) bond motifs is 5. The van der Waals surface area contributed by atoms with Crippen LogP contribution in [0.25, 0.3) is 0 Å². The molecular weight excluding hydrogens is 407 g/mol. The molecule has 32 heavy (non-hydrogen) atoms. The number of alkyl halides is 1. The van der Waals surface area contributed by atoms with Crippen molar-refractivity contribution in [3.8, 4) is 5.75 Å². The number of carbonyl (C=O) groups excluding carboxylic acids is 1. The van der Waals surface area contributed by atoms with Gasteiger partial charge in [0.1, 0.15) is 22.8 Å². The lowest BCUT2D eigenvalue weighted by molar-refractivity contribution is -0.225. The Morgan fingerprint density at radius 3 is 2.56 bits per heavy atom. The molecule has 0 unspecified atom stereocenters. The molecule has 3 fully saturated rings. The molecule has 7 atom stereocenters. The van der Waals surface area contributed by atoms with E-state index in [1.54, 1.807) is 6.08 Å². The Balaban J connectivity index is 1.50. The van der Waals surface area contributed by atoms with Crippen molar-refractivity contribution in [3.63, 3.8) is 0 Å². The van der Waals surface area contributed by atoms with Crippen LogP contribution in [0.3, 0.4) is 0 Å². The molecule has 3 saturated carbocycles. The van der Waals surface area contributed by atoms with Crippen molar-refractivity contribution in [2.24, 2.45) is 22.7 Å². The molecule has 172 valence electrons. The van der Waals surface area contributed by atoms with E-state index in [1.807, 2.05) is 44.2 Å². The number of allylic oxidation sites excluding steroid dienone is 1. The Morgan fingerprint density at radius 2 is 1.84 bits per heavy atom. The van der Waals surface area contributed by atoms with E-state index in [4.69, 9.17) is 4.74 Å². The minimum absolute atomic E-state index is 0.0549. The smallest absolute Gasteiger partial charge is 0.155 e. The van der Waals surface area contributed by atoms with Crippen molar-refractivity contribution >= 4 is 5.78 Å². The van der Waals surface area contributed by atoms with E-state index in [-0.39, 0.29) is 29.8 Å². The Hall–Kier alpha value is -1.98. The van der Waals surface area contributed by atoms with Crippen LogP contribution >= 0.6 is 0 Å². The average molecular weight is 441 g/mol. The zero-order valence-electron chi connectivity index (χ0n) is 18.9. The summed E-state index contributed by atoms with van der Waals surface area (Å²) in [6.45, 7) is 7.93. The van der Waals surface area contributed by atoms with Crippen LogP contribution in [0.1, 0.15) is 58.8 Å². The molecule has 5 rings (SSSR count). The van der Waals surface area contributed by atoms with E-state index >= 15 is 4.39 Å². The summed E-state index contributed by atoms with van der Waals surface area (Å²) in [6, 6.07) is 9.23. The Kier molecular flexibility index (Phi) is 4.78. The van der Waals surface area contributed by atoms with E-state index in [0.717, 1.165) is 5.57 Å². The van der Waals surface area contributed by atoms with E-state index in [9.17, 15) is 15.0 Å². The fourth-order valence-corrected chi connectivity index (χ4v) is 7.75. The highest BCUT2D eigenvalue weighted by molar-refractivity contribution is 5.91. The number of hydrogen-bond donors (Lipinski definition) is 2. The highest BCUT2D eigenvalue weighted by Gasteiger charge is 2.73. The second-order valence-electron chi connectivity index (χ2n) is 10.9. The fourth-order valence-electron chi connectivity index (χ4n) is 7.75. The number of aliphatic hydroxyl groups excluding tert-OH is 1. The third-order valence-electron chi connectivity index (χ3n) is 9.64. The van der Waals surface area contributed by atoms with E-state index in [2.05, 4.69) is 6.58 Å². The maximum absolute atomic E-state index is 17.1. The molecule has 5 heteroatoms. The number of ketones is 1. The standard InChI is InChI=1S/C27H33FO4/c1-17(32-20-7-5-4-6-8-20)26(31)14-12-21-22-10-9-18-15-19(29)11-13-24(18,2)27(22,28)23(30)16-25(21,26)3/h4-8,15,21-23,30-31H,1,9-14,16H2,2-3H3/t21-,22-,23-,24-,25-,26-,27-/m0/s1. The summed E-state index contributed by atoms with van der Waals surface area (Å²) in [7, 11) is 0. The number of ether oxygens (including phenoxy) is 1. The zero-order chi connectivity index (χ0) is 22.9. The van der Waals surface area contributed by atoms with Crippen LogP contribution in [-0.4, -0.2) is 33.4 Å². The molecule has 4 aliphatic carbocycles. The molecule has 1 aromatic carbocycles. The minimum atomic E-state index is -1.81. The first-order chi connectivity index (χ1) is 15.1. The quantitative estimate of drug-likeness (QED) is 0.656. The number of hydrogen-bond acceptors (Lipinski definition) is 4. The van der Waals surface area contributed by atoms with E-state index in [0.29, 0.717) is 44.3 Å². The molecule has 4 nitrogen and oxygen atoms in total. The van der Waals surface area contributed by atoms with Gasteiger partial charge in [-0.3, -0.25) is 4.79 Å². The van der Waals surface area contributed by atoms with Crippen molar-refractivity contribution in [2.75, 3.05) is 0 Å². The predicted molar refractivity (Wildman–Crippen MR) is 120 cm³/mol. The highest BCUT2D eigenvalue weighted by Crippen LogP contribution is 2.71. The van der Waals surface area contributed by atoms with Crippen molar-refractivity contribution in [1.29, 1.82) is 0 Å². The molecule has 0 spiro atoms. The fraction of sp³-hybridized carbons (Fsp3) is 0.593. The maximum atomic E-state index is 17.1. The van der Waals surface area contributed by atoms with Crippen molar-refractivity contribution < 1.29 is 24.1 Å². The van der Waals surface area contributed by atoms with Crippen molar-refractivity contribution in [3.05, 3.63) is 54.3 Å². The summed E-state index contributed by atoms with van der Waals surface area (Å²) in [4.78, 5) is 12.0. The maximum Gasteiger partial charge on any atom is 0.155 e. The lowest BCUT2D eigenvalue weighted by Gasteiger charge is -2.63. The topological polar surface area (TPSA) is 66.8 Å². The molecule has 0 radical (unpaired) electrons. The molecule has 0 heterocycles. The van der Waals surface area contributed by atoms with Gasteiger partial charge in [-0.25, -0.2) is 4.39 Å². The lowest BCUT2D eigenvalue weighted by atomic mass is 9.44. The lowest BCUT2D eigenvalue weighted by Crippen LogP contribution is -2.69. The largest absolute Gasteiger partial charge is 0.459 e. The summed E-state index contributed by atoms with van der Waals surface area (Å²) in [5.41, 5.74) is -3.91. The number of para-hydroxylation sites is 1. The minimum Gasteiger partial charge on any atom is -0.459 e. The van der Waals surface area contributed by atoms with Gasteiger partial charge in [-0.05, 0) is 62.7 Å². The Morgan fingerprint density at radius 1 is 1.12 bits per heavy atom. The van der Waals surface area contributed by atoms with E-state index in [1.165, 1.54) is 0 Å². The third kappa shape index (κ3) is 2.64. The van der Waals surface area contributed by atoms with Crippen LogP contribution in [-0.2, 0) is 4.79 Å². The number of halogens is 1. The van der Waals surface area contributed by atoms with Gasteiger partial charge in [0.15, 0.2) is 5.78 Å². The van der Waals surface area contributed by atoms with Gasteiger partial charge in [0.2, 0.25) is 0 Å². The van der Waals surface area contributed by atoms with Gasteiger partial charge in [0.25, 0.3) is 0 Å². The SMILES string of the molecule is C=C(Oc1ccccc1)[C@@]1(O)CC[C@H]2[C@@H]3CCC4=CC(=O)CC[C@]4(C)[C@@]3(F)[C@@H](O)C[C@@]21C. The monoisotopic (exact) mass is 440 g/mol. The van der Waals surface area contributed by atoms with Gasteiger partial charge in [0, 0.05) is 23.2 Å². The van der Waals surface area contributed by atoms with Gasteiger partial charge < -0.3 is 14.9 Å². The van der Waals surface area contributed by atoms with E-state index < -0.39 is 28.2 Å². The molecule has 2 N–H and O–H groups in total. The Labute approximate surface area is 189 Å². The predicted octanol–water partition coefficient (Wildman–Crippen LogP) is 4.91.